The first kappa shape index (κ1) is 29.0. The van der Waals surface area contributed by atoms with Gasteiger partial charge in [0.15, 0.2) is 0 Å². The van der Waals surface area contributed by atoms with Crippen LogP contribution in [-0.4, -0.2) is 48.4 Å². The van der Waals surface area contributed by atoms with Gasteiger partial charge in [-0.1, -0.05) is 95.7 Å². The van der Waals surface area contributed by atoms with Crippen molar-refractivity contribution in [2.24, 2.45) is 5.11 Å². The highest BCUT2D eigenvalue weighted by atomic mass is 32.2. The molecule has 1 N–H and O–H groups in total. The molecule has 5 atom stereocenters. The van der Waals surface area contributed by atoms with Gasteiger partial charge in [-0.25, -0.2) is 4.79 Å². The molecule has 0 spiro atoms. The molecule has 11 heteroatoms. The van der Waals surface area contributed by atoms with Gasteiger partial charge in [0.05, 0.1) is 18.8 Å². The van der Waals surface area contributed by atoms with Crippen LogP contribution in [0.25, 0.3) is 10.4 Å². The molecular formula is C29H30N4O6S. The molecule has 0 aromatic heterocycles. The second-order valence-electron chi connectivity index (χ2n) is 8.96. The quantitative estimate of drug-likeness (QED) is 0.139. The Hall–Kier alpha value is -4.02. The number of esters is 1. The van der Waals surface area contributed by atoms with Crippen LogP contribution in [-0.2, 0) is 37.0 Å². The number of nitrogens with zero attached hydrogens (tertiary/aromatic N) is 3. The van der Waals surface area contributed by atoms with E-state index in [0.29, 0.717) is 0 Å². The number of hydrogen-bond donors (Lipinski definition) is 1. The molecule has 40 heavy (non-hydrogen) atoms. The third-order valence-electron chi connectivity index (χ3n) is 6.09. The number of azide groups is 1. The molecule has 0 radical (unpaired) electrons. The number of carbonyl (C=O) groups excluding carboxylic acids is 2. The van der Waals surface area contributed by atoms with Crippen molar-refractivity contribution in [3.63, 3.8) is 0 Å². The fraction of sp³-hybridized carbons (Fsp3) is 0.310. The zero-order valence-electron chi connectivity index (χ0n) is 21.9. The van der Waals surface area contributed by atoms with Crippen LogP contribution in [0.2, 0.25) is 0 Å². The molecule has 4 rings (SSSR count). The van der Waals surface area contributed by atoms with Crippen molar-refractivity contribution >= 4 is 23.8 Å². The minimum absolute atomic E-state index is 0.0522. The Kier molecular flexibility index (Phi) is 10.8. The maximum atomic E-state index is 13.0. The summed E-state index contributed by atoms with van der Waals surface area (Å²) in [5.41, 5.74) is 10.5. The minimum Gasteiger partial charge on any atom is -0.463 e. The second kappa shape index (κ2) is 14.9. The Morgan fingerprint density at radius 3 is 2.12 bits per heavy atom. The van der Waals surface area contributed by atoms with Gasteiger partial charge in [-0.05, 0) is 28.8 Å². The lowest BCUT2D eigenvalue weighted by Gasteiger charge is -2.44. The van der Waals surface area contributed by atoms with Crippen molar-refractivity contribution < 1.29 is 28.5 Å². The van der Waals surface area contributed by atoms with Crippen molar-refractivity contribution in [1.82, 2.24) is 5.32 Å². The van der Waals surface area contributed by atoms with Crippen molar-refractivity contribution in [3.8, 4) is 0 Å². The summed E-state index contributed by atoms with van der Waals surface area (Å²) in [6.45, 7) is 1.38. The van der Waals surface area contributed by atoms with E-state index in [1.54, 1.807) is 0 Å². The third kappa shape index (κ3) is 8.49. The number of carbonyl (C=O) groups is 2. The molecule has 3 aromatic rings. The van der Waals surface area contributed by atoms with Gasteiger partial charge in [-0.3, -0.25) is 4.79 Å². The largest absolute Gasteiger partial charge is 0.463 e. The maximum Gasteiger partial charge on any atom is 0.407 e. The third-order valence-corrected chi connectivity index (χ3v) is 7.26. The number of amides is 1. The van der Waals surface area contributed by atoms with Crippen molar-refractivity contribution in [1.29, 1.82) is 0 Å². The molecule has 1 amide bonds. The fourth-order valence-corrected chi connectivity index (χ4v) is 5.34. The van der Waals surface area contributed by atoms with Crippen molar-refractivity contribution in [2.75, 3.05) is 6.61 Å². The van der Waals surface area contributed by atoms with Crippen LogP contribution in [0.3, 0.4) is 0 Å². The highest BCUT2D eigenvalue weighted by Gasteiger charge is 2.48. The molecule has 208 valence electrons. The van der Waals surface area contributed by atoms with E-state index in [0.717, 1.165) is 16.0 Å². The molecule has 10 nitrogen and oxygen atoms in total. The number of ether oxygens (including phenoxy) is 4. The summed E-state index contributed by atoms with van der Waals surface area (Å²) in [6, 6.07) is 26.5. The predicted molar refractivity (Wildman–Crippen MR) is 149 cm³/mol. The second-order valence-corrected chi connectivity index (χ2v) is 10.1. The zero-order valence-corrected chi connectivity index (χ0v) is 22.7. The van der Waals surface area contributed by atoms with Gasteiger partial charge in [-0.15, -0.1) is 0 Å². The van der Waals surface area contributed by atoms with Crippen LogP contribution in [0.15, 0.2) is 101 Å². The molecule has 0 bridgehead atoms. The first-order valence-electron chi connectivity index (χ1n) is 12.7. The van der Waals surface area contributed by atoms with Crippen LogP contribution in [0, 0.1) is 0 Å². The lowest BCUT2D eigenvalue weighted by Crippen LogP contribution is -2.64. The van der Waals surface area contributed by atoms with E-state index >= 15 is 0 Å². The summed E-state index contributed by atoms with van der Waals surface area (Å²) in [6.07, 6.45) is -2.37. The van der Waals surface area contributed by atoms with E-state index in [9.17, 15) is 15.1 Å². The predicted octanol–water partition coefficient (Wildman–Crippen LogP) is 5.63. The first-order chi connectivity index (χ1) is 19.5. The average Bonchev–Trinajstić information content (AvgIpc) is 2.98. The summed E-state index contributed by atoms with van der Waals surface area (Å²) in [5.74, 6) is -0.500. The summed E-state index contributed by atoms with van der Waals surface area (Å²) < 4.78 is 23.4. The normalized spacial score (nSPS) is 22.0. The summed E-state index contributed by atoms with van der Waals surface area (Å²) in [4.78, 5) is 28.6. The molecule has 1 fully saturated rings. The van der Waals surface area contributed by atoms with Crippen LogP contribution >= 0.6 is 11.8 Å². The van der Waals surface area contributed by atoms with Crippen LogP contribution in [0.5, 0.6) is 0 Å². The van der Waals surface area contributed by atoms with E-state index in [2.05, 4.69) is 15.3 Å². The Balaban J connectivity index is 1.61. The lowest BCUT2D eigenvalue weighted by molar-refractivity contribution is -0.160. The number of nitrogens with one attached hydrogen (secondary N) is 1. The molecule has 1 saturated heterocycles. The lowest BCUT2D eigenvalue weighted by atomic mass is 9.95. The smallest absolute Gasteiger partial charge is 0.407 e. The molecular weight excluding hydrogens is 532 g/mol. The van der Waals surface area contributed by atoms with Gasteiger partial charge in [0.2, 0.25) is 0 Å². The first-order valence-corrected chi connectivity index (χ1v) is 13.6. The molecule has 1 aliphatic rings. The fourth-order valence-electron chi connectivity index (χ4n) is 4.21. The molecule has 0 saturated carbocycles. The van der Waals surface area contributed by atoms with Gasteiger partial charge >= 0.3 is 12.1 Å². The number of rotatable bonds is 11. The van der Waals surface area contributed by atoms with Crippen LogP contribution in [0.1, 0.15) is 18.1 Å². The van der Waals surface area contributed by atoms with Gasteiger partial charge in [-0.2, -0.15) is 0 Å². The van der Waals surface area contributed by atoms with E-state index in [1.807, 2.05) is 91.0 Å². The average molecular weight is 563 g/mol. The van der Waals surface area contributed by atoms with Crippen molar-refractivity contribution in [2.45, 2.75) is 54.8 Å². The monoisotopic (exact) mass is 562 g/mol. The molecule has 1 aliphatic heterocycles. The van der Waals surface area contributed by atoms with Gasteiger partial charge in [0, 0.05) is 16.7 Å². The van der Waals surface area contributed by atoms with E-state index in [4.69, 9.17) is 18.9 Å². The van der Waals surface area contributed by atoms with Crippen LogP contribution < -0.4 is 5.32 Å². The standard InChI is InChI=1S/C29H30N4O6S/c1-20(34)36-19-24-25(31-29(35)38-18-22-13-7-3-8-14-22)27(37-17-21-11-5-2-6-12-21)26(32-33-30)28(39-24)40-23-15-9-4-10-16-23/h2-16,24-28H,17-19H2,1H3,(H,31,35)/t24-,25+,26-,27+,28+/m1/s1. The van der Waals surface area contributed by atoms with Crippen molar-refractivity contribution in [3.05, 3.63) is 113 Å². The Morgan fingerprint density at radius 2 is 1.52 bits per heavy atom. The number of benzene rings is 3. The molecule has 1 heterocycles. The Bertz CT molecular complexity index is 1280. The maximum absolute atomic E-state index is 13.0. The van der Waals surface area contributed by atoms with Gasteiger partial charge in [0.1, 0.15) is 30.8 Å². The van der Waals surface area contributed by atoms with Gasteiger partial charge < -0.3 is 24.3 Å². The van der Waals surface area contributed by atoms with Gasteiger partial charge in [0.25, 0.3) is 0 Å². The molecule has 0 aliphatic carbocycles. The minimum atomic E-state index is -0.866. The zero-order chi connectivity index (χ0) is 28.2. The number of alkyl carbamates (subject to hydrolysis) is 1. The number of thioether (sulfide) groups is 1. The SMILES string of the molecule is CC(=O)OC[C@H]1O[C@@H](Sc2ccccc2)[C@H](N=[N+]=[N-])[C@@H](OCc2ccccc2)[C@H]1NC(=O)OCc1ccccc1. The number of hydrogen-bond acceptors (Lipinski definition) is 8. The van der Waals surface area contributed by atoms with Crippen LogP contribution in [0.4, 0.5) is 4.79 Å². The topological polar surface area (TPSA) is 132 Å². The summed E-state index contributed by atoms with van der Waals surface area (Å²) in [5, 5.41) is 6.87. The molecule has 0 unspecified atom stereocenters. The van der Waals surface area contributed by atoms with E-state index in [1.165, 1.54) is 18.7 Å². The van der Waals surface area contributed by atoms with E-state index < -0.39 is 41.8 Å². The molecule has 3 aromatic carbocycles. The Labute approximate surface area is 236 Å². The highest BCUT2D eigenvalue weighted by molar-refractivity contribution is 7.99. The highest BCUT2D eigenvalue weighted by Crippen LogP contribution is 2.36. The Morgan fingerprint density at radius 1 is 0.925 bits per heavy atom. The van der Waals surface area contributed by atoms with E-state index in [-0.39, 0.29) is 19.8 Å². The summed E-state index contributed by atoms with van der Waals surface area (Å²) in [7, 11) is 0. The summed E-state index contributed by atoms with van der Waals surface area (Å²) >= 11 is 1.35.